The standard InChI is InChI=1S/C24H30N2O3/c1-5-24(3,4)18-9-12-20(13-10-18)29-15-22(27)25-19-11-6-16(2)21(14-19)26-23(28)17-7-8-17/h6,9-14,17H,5,7-8,15H2,1-4H3,(H,25,27)(H,26,28). The van der Waals surface area contributed by atoms with Gasteiger partial charge in [0.05, 0.1) is 0 Å². The first-order valence-corrected chi connectivity index (χ1v) is 10.2. The zero-order valence-electron chi connectivity index (χ0n) is 17.7. The van der Waals surface area contributed by atoms with Crippen LogP contribution in [0.4, 0.5) is 11.4 Å². The van der Waals surface area contributed by atoms with Crippen LogP contribution in [0.1, 0.15) is 51.2 Å². The summed E-state index contributed by atoms with van der Waals surface area (Å²) in [7, 11) is 0. The molecule has 5 nitrogen and oxygen atoms in total. The van der Waals surface area contributed by atoms with Crippen LogP contribution in [0.3, 0.4) is 0 Å². The van der Waals surface area contributed by atoms with E-state index >= 15 is 0 Å². The molecule has 5 heteroatoms. The Kier molecular flexibility index (Phi) is 6.26. The van der Waals surface area contributed by atoms with Gasteiger partial charge in [0.2, 0.25) is 5.91 Å². The molecule has 2 aromatic rings. The van der Waals surface area contributed by atoms with Crippen LogP contribution in [-0.2, 0) is 15.0 Å². The van der Waals surface area contributed by atoms with Crippen LogP contribution in [0.25, 0.3) is 0 Å². The molecule has 1 fully saturated rings. The minimum absolute atomic E-state index is 0.0506. The van der Waals surface area contributed by atoms with Crippen LogP contribution < -0.4 is 15.4 Å². The Bertz CT molecular complexity index is 883. The van der Waals surface area contributed by atoms with Gasteiger partial charge in [0.15, 0.2) is 6.61 Å². The lowest BCUT2D eigenvalue weighted by atomic mass is 9.82. The second-order valence-corrected chi connectivity index (χ2v) is 8.39. The zero-order valence-corrected chi connectivity index (χ0v) is 17.7. The van der Waals surface area contributed by atoms with E-state index in [1.165, 1.54) is 5.56 Å². The molecule has 3 rings (SSSR count). The molecule has 0 unspecified atom stereocenters. The van der Waals surface area contributed by atoms with Crippen LogP contribution in [0.2, 0.25) is 0 Å². The number of ether oxygens (including phenoxy) is 1. The fourth-order valence-corrected chi connectivity index (χ4v) is 2.97. The summed E-state index contributed by atoms with van der Waals surface area (Å²) in [5.41, 5.74) is 3.69. The third kappa shape index (κ3) is 5.59. The van der Waals surface area contributed by atoms with E-state index in [-0.39, 0.29) is 29.8 Å². The van der Waals surface area contributed by atoms with Crippen LogP contribution in [-0.4, -0.2) is 18.4 Å². The molecule has 1 saturated carbocycles. The van der Waals surface area contributed by atoms with Crippen LogP contribution in [0.5, 0.6) is 5.75 Å². The van der Waals surface area contributed by atoms with E-state index in [1.807, 2.05) is 43.3 Å². The smallest absolute Gasteiger partial charge is 0.262 e. The summed E-state index contributed by atoms with van der Waals surface area (Å²) in [5.74, 6) is 0.605. The highest BCUT2D eigenvalue weighted by molar-refractivity contribution is 5.96. The van der Waals surface area contributed by atoms with Crippen molar-refractivity contribution in [2.24, 2.45) is 5.92 Å². The second kappa shape index (κ2) is 8.68. The molecule has 1 aliphatic rings. The Balaban J connectivity index is 1.54. The van der Waals surface area contributed by atoms with E-state index in [9.17, 15) is 9.59 Å². The van der Waals surface area contributed by atoms with Crippen molar-refractivity contribution in [3.8, 4) is 5.75 Å². The number of aryl methyl sites for hydroxylation is 1. The SMILES string of the molecule is CCC(C)(C)c1ccc(OCC(=O)Nc2ccc(C)c(NC(=O)C3CC3)c2)cc1. The summed E-state index contributed by atoms with van der Waals surface area (Å²) in [6.45, 7) is 8.44. The molecule has 1 aliphatic carbocycles. The minimum Gasteiger partial charge on any atom is -0.484 e. The molecular weight excluding hydrogens is 364 g/mol. The molecule has 0 aliphatic heterocycles. The van der Waals surface area contributed by atoms with Crippen molar-refractivity contribution >= 4 is 23.2 Å². The Morgan fingerprint density at radius 1 is 1.07 bits per heavy atom. The lowest BCUT2D eigenvalue weighted by Gasteiger charge is -2.23. The average Bonchev–Trinajstić information content (AvgIpc) is 3.55. The first-order chi connectivity index (χ1) is 13.8. The molecule has 29 heavy (non-hydrogen) atoms. The van der Waals surface area contributed by atoms with Gasteiger partial charge < -0.3 is 15.4 Å². The molecule has 2 N–H and O–H groups in total. The van der Waals surface area contributed by atoms with Gasteiger partial charge in [0, 0.05) is 17.3 Å². The lowest BCUT2D eigenvalue weighted by molar-refractivity contribution is -0.118. The van der Waals surface area contributed by atoms with E-state index < -0.39 is 0 Å². The van der Waals surface area contributed by atoms with Gasteiger partial charge in [-0.15, -0.1) is 0 Å². The molecule has 0 aromatic heterocycles. The zero-order chi connectivity index (χ0) is 21.0. The largest absolute Gasteiger partial charge is 0.484 e. The van der Waals surface area contributed by atoms with Gasteiger partial charge in [-0.2, -0.15) is 0 Å². The molecule has 0 saturated heterocycles. The first kappa shape index (κ1) is 20.9. The van der Waals surface area contributed by atoms with E-state index in [0.717, 1.165) is 30.5 Å². The maximum atomic E-state index is 12.3. The summed E-state index contributed by atoms with van der Waals surface area (Å²) in [5, 5.41) is 5.77. The topological polar surface area (TPSA) is 67.4 Å². The highest BCUT2D eigenvalue weighted by Crippen LogP contribution is 2.31. The number of hydrogen-bond acceptors (Lipinski definition) is 3. The molecule has 2 amide bonds. The fourth-order valence-electron chi connectivity index (χ4n) is 2.97. The first-order valence-electron chi connectivity index (χ1n) is 10.2. The van der Waals surface area contributed by atoms with Crippen molar-refractivity contribution in [2.75, 3.05) is 17.2 Å². The maximum absolute atomic E-state index is 12.3. The monoisotopic (exact) mass is 394 g/mol. The Morgan fingerprint density at radius 2 is 1.76 bits per heavy atom. The third-order valence-corrected chi connectivity index (χ3v) is 5.62. The lowest BCUT2D eigenvalue weighted by Crippen LogP contribution is -2.21. The summed E-state index contributed by atoms with van der Waals surface area (Å²) in [6, 6.07) is 13.4. The van der Waals surface area contributed by atoms with Crippen molar-refractivity contribution in [2.45, 2.75) is 52.4 Å². The van der Waals surface area contributed by atoms with Gasteiger partial charge >= 0.3 is 0 Å². The van der Waals surface area contributed by atoms with Gasteiger partial charge in [0.25, 0.3) is 5.91 Å². The van der Waals surface area contributed by atoms with Gasteiger partial charge in [0.1, 0.15) is 5.75 Å². The van der Waals surface area contributed by atoms with E-state index in [4.69, 9.17) is 4.74 Å². The number of nitrogens with one attached hydrogen (secondary N) is 2. The molecule has 154 valence electrons. The number of amides is 2. The normalized spacial score (nSPS) is 13.7. The molecule has 0 atom stereocenters. The minimum atomic E-state index is -0.244. The molecule has 0 heterocycles. The summed E-state index contributed by atoms with van der Waals surface area (Å²) < 4.78 is 5.62. The summed E-state index contributed by atoms with van der Waals surface area (Å²) >= 11 is 0. The summed E-state index contributed by atoms with van der Waals surface area (Å²) in [4.78, 5) is 24.3. The molecule has 0 bridgehead atoms. The molecular formula is C24H30N2O3. The van der Waals surface area contributed by atoms with Crippen LogP contribution in [0.15, 0.2) is 42.5 Å². The Morgan fingerprint density at radius 3 is 2.38 bits per heavy atom. The number of rotatable bonds is 8. The quantitative estimate of drug-likeness (QED) is 0.658. The maximum Gasteiger partial charge on any atom is 0.262 e. The predicted molar refractivity (Wildman–Crippen MR) is 116 cm³/mol. The molecule has 0 radical (unpaired) electrons. The van der Waals surface area contributed by atoms with E-state index in [0.29, 0.717) is 11.4 Å². The Labute approximate surface area is 172 Å². The van der Waals surface area contributed by atoms with Gasteiger partial charge in [-0.05, 0) is 67.0 Å². The van der Waals surface area contributed by atoms with Crippen molar-refractivity contribution in [1.82, 2.24) is 0 Å². The average molecular weight is 395 g/mol. The van der Waals surface area contributed by atoms with Crippen molar-refractivity contribution in [3.05, 3.63) is 53.6 Å². The van der Waals surface area contributed by atoms with Crippen LogP contribution >= 0.6 is 0 Å². The van der Waals surface area contributed by atoms with E-state index in [1.54, 1.807) is 6.07 Å². The third-order valence-electron chi connectivity index (χ3n) is 5.62. The van der Waals surface area contributed by atoms with Crippen molar-refractivity contribution in [3.63, 3.8) is 0 Å². The number of carbonyl (C=O) groups is 2. The van der Waals surface area contributed by atoms with Crippen molar-refractivity contribution in [1.29, 1.82) is 0 Å². The number of benzene rings is 2. The molecule has 0 spiro atoms. The number of anilines is 2. The highest BCUT2D eigenvalue weighted by Gasteiger charge is 2.29. The van der Waals surface area contributed by atoms with E-state index in [2.05, 4.69) is 31.4 Å². The fraction of sp³-hybridized carbons (Fsp3) is 0.417. The van der Waals surface area contributed by atoms with Gasteiger partial charge in [-0.25, -0.2) is 0 Å². The van der Waals surface area contributed by atoms with Gasteiger partial charge in [-0.1, -0.05) is 39.0 Å². The van der Waals surface area contributed by atoms with Crippen molar-refractivity contribution < 1.29 is 14.3 Å². The number of hydrogen-bond donors (Lipinski definition) is 2. The summed E-state index contributed by atoms with van der Waals surface area (Å²) in [6.07, 6.45) is 2.96. The van der Waals surface area contributed by atoms with Crippen LogP contribution in [0, 0.1) is 12.8 Å². The highest BCUT2D eigenvalue weighted by atomic mass is 16.5. The van der Waals surface area contributed by atoms with Gasteiger partial charge in [-0.3, -0.25) is 9.59 Å². The number of carbonyl (C=O) groups excluding carboxylic acids is 2. The second-order valence-electron chi connectivity index (χ2n) is 8.39. The predicted octanol–water partition coefficient (Wildman–Crippen LogP) is 5.05. The molecule has 2 aromatic carbocycles. The Hall–Kier alpha value is -2.82.